The van der Waals surface area contributed by atoms with E-state index in [4.69, 9.17) is 4.74 Å². The van der Waals surface area contributed by atoms with Crippen molar-refractivity contribution < 1.29 is 4.74 Å². The fourth-order valence-corrected chi connectivity index (χ4v) is 2.62. The van der Waals surface area contributed by atoms with Gasteiger partial charge in [-0.25, -0.2) is 0 Å². The van der Waals surface area contributed by atoms with E-state index in [9.17, 15) is 0 Å². The average molecular weight is 242 g/mol. The van der Waals surface area contributed by atoms with Crippen LogP contribution >= 0.6 is 0 Å². The summed E-state index contributed by atoms with van der Waals surface area (Å²) in [7, 11) is 3.84. The summed E-state index contributed by atoms with van der Waals surface area (Å²) in [6.07, 6.45) is 1.12. The third kappa shape index (κ3) is 1.81. The minimum Gasteiger partial charge on any atom is -0.497 e. The Balaban J connectivity index is 2.02. The van der Waals surface area contributed by atoms with E-state index < -0.39 is 0 Å². The number of hydrogen-bond acceptors (Lipinski definition) is 2. The van der Waals surface area contributed by atoms with E-state index in [0.29, 0.717) is 0 Å². The number of fused-ring (bicyclic) bond motifs is 1. The van der Waals surface area contributed by atoms with Crippen LogP contribution in [-0.2, 0) is 20.0 Å². The van der Waals surface area contributed by atoms with Crippen molar-refractivity contribution in [2.75, 3.05) is 13.7 Å². The lowest BCUT2D eigenvalue weighted by molar-refractivity contribution is 0.415. The Bertz CT molecular complexity index is 555. The van der Waals surface area contributed by atoms with Gasteiger partial charge in [0.1, 0.15) is 5.75 Å². The summed E-state index contributed by atoms with van der Waals surface area (Å²) in [5.41, 5.74) is 5.41. The number of ether oxygens (including phenoxy) is 1. The van der Waals surface area contributed by atoms with Crippen molar-refractivity contribution in [1.29, 1.82) is 0 Å². The highest BCUT2D eigenvalue weighted by molar-refractivity contribution is 5.63. The number of nitrogens with zero attached hydrogens (tertiary/aromatic N) is 1. The van der Waals surface area contributed by atoms with E-state index in [2.05, 4.69) is 35.1 Å². The normalized spacial score (nSPS) is 14.3. The van der Waals surface area contributed by atoms with Gasteiger partial charge in [0.15, 0.2) is 0 Å². The molecule has 3 nitrogen and oxygen atoms in total. The molecule has 2 heterocycles. The molecule has 3 rings (SSSR count). The Morgan fingerprint density at radius 1 is 1.22 bits per heavy atom. The molecular weight excluding hydrogens is 224 g/mol. The van der Waals surface area contributed by atoms with Crippen LogP contribution in [0.2, 0.25) is 0 Å². The van der Waals surface area contributed by atoms with Crippen LogP contribution in [0.1, 0.15) is 11.3 Å². The minimum absolute atomic E-state index is 0.902. The highest BCUT2D eigenvalue weighted by Crippen LogP contribution is 2.28. The van der Waals surface area contributed by atoms with E-state index in [1.165, 1.54) is 22.5 Å². The van der Waals surface area contributed by atoms with Gasteiger partial charge in [0.25, 0.3) is 0 Å². The second-order valence-corrected chi connectivity index (χ2v) is 4.72. The molecule has 18 heavy (non-hydrogen) atoms. The predicted octanol–water partition coefficient (Wildman–Crippen LogP) is 2.35. The summed E-state index contributed by atoms with van der Waals surface area (Å²) in [6, 6.07) is 10.6. The summed E-state index contributed by atoms with van der Waals surface area (Å²) in [5, 5.41) is 3.42. The van der Waals surface area contributed by atoms with Gasteiger partial charge in [0.2, 0.25) is 0 Å². The lowest BCUT2D eigenvalue weighted by atomic mass is 10.1. The first kappa shape index (κ1) is 11.4. The van der Waals surface area contributed by atoms with Gasteiger partial charge >= 0.3 is 0 Å². The van der Waals surface area contributed by atoms with E-state index in [0.717, 1.165) is 25.3 Å². The Kier molecular flexibility index (Phi) is 2.84. The van der Waals surface area contributed by atoms with Gasteiger partial charge in [0, 0.05) is 25.0 Å². The fourth-order valence-electron chi connectivity index (χ4n) is 2.62. The Labute approximate surface area is 107 Å². The van der Waals surface area contributed by atoms with Gasteiger partial charge in [-0.05, 0) is 54.4 Å². The molecule has 1 N–H and O–H groups in total. The highest BCUT2D eigenvalue weighted by atomic mass is 16.5. The van der Waals surface area contributed by atoms with E-state index >= 15 is 0 Å². The van der Waals surface area contributed by atoms with Crippen molar-refractivity contribution in [2.45, 2.75) is 13.0 Å². The first-order chi connectivity index (χ1) is 8.79. The van der Waals surface area contributed by atoms with Crippen molar-refractivity contribution in [2.24, 2.45) is 7.05 Å². The van der Waals surface area contributed by atoms with Gasteiger partial charge in [-0.3, -0.25) is 0 Å². The fraction of sp³-hybridized carbons (Fsp3) is 0.333. The second kappa shape index (κ2) is 4.50. The molecule has 0 saturated carbocycles. The maximum absolute atomic E-state index is 5.20. The van der Waals surface area contributed by atoms with Gasteiger partial charge in [0.05, 0.1) is 7.11 Å². The molecule has 1 aromatic heterocycles. The van der Waals surface area contributed by atoms with Crippen LogP contribution in [0, 0.1) is 0 Å². The molecule has 0 radical (unpaired) electrons. The number of rotatable bonds is 2. The number of aromatic nitrogens is 1. The zero-order valence-electron chi connectivity index (χ0n) is 10.9. The number of benzene rings is 1. The first-order valence-electron chi connectivity index (χ1n) is 6.32. The molecule has 1 aliphatic rings. The van der Waals surface area contributed by atoms with Crippen molar-refractivity contribution in [3.05, 3.63) is 41.6 Å². The molecule has 1 aromatic carbocycles. The van der Waals surface area contributed by atoms with Crippen LogP contribution in [0.5, 0.6) is 5.75 Å². The van der Waals surface area contributed by atoms with Crippen LogP contribution in [0.15, 0.2) is 30.3 Å². The standard InChI is InChI=1S/C15H18N2O/c1-17-14(9-12-7-8-16-10-15(12)17)11-3-5-13(18-2)6-4-11/h3-6,9,16H,7-8,10H2,1-2H3. The first-order valence-corrected chi connectivity index (χ1v) is 6.32. The maximum Gasteiger partial charge on any atom is 0.118 e. The summed E-state index contributed by atoms with van der Waals surface area (Å²) < 4.78 is 7.49. The van der Waals surface area contributed by atoms with Gasteiger partial charge < -0.3 is 14.6 Å². The van der Waals surface area contributed by atoms with Crippen molar-refractivity contribution in [1.82, 2.24) is 9.88 Å². The zero-order valence-corrected chi connectivity index (χ0v) is 10.9. The number of methoxy groups -OCH3 is 1. The molecule has 0 atom stereocenters. The molecule has 0 bridgehead atoms. The van der Waals surface area contributed by atoms with Crippen molar-refractivity contribution in [3.8, 4) is 17.0 Å². The molecule has 0 unspecified atom stereocenters. The van der Waals surface area contributed by atoms with Crippen molar-refractivity contribution in [3.63, 3.8) is 0 Å². The van der Waals surface area contributed by atoms with Crippen LogP contribution in [0.4, 0.5) is 0 Å². The largest absolute Gasteiger partial charge is 0.497 e. The third-order valence-corrected chi connectivity index (χ3v) is 3.70. The van der Waals surface area contributed by atoms with E-state index in [1.54, 1.807) is 7.11 Å². The van der Waals surface area contributed by atoms with Gasteiger partial charge in [-0.2, -0.15) is 0 Å². The summed E-state index contributed by atoms with van der Waals surface area (Å²) in [6.45, 7) is 2.06. The minimum atomic E-state index is 0.902. The molecule has 0 spiro atoms. The molecule has 0 fully saturated rings. The monoisotopic (exact) mass is 242 g/mol. The number of nitrogens with one attached hydrogen (secondary N) is 1. The molecule has 0 saturated heterocycles. The molecular formula is C15H18N2O. The second-order valence-electron chi connectivity index (χ2n) is 4.72. The molecule has 94 valence electrons. The Morgan fingerprint density at radius 3 is 2.67 bits per heavy atom. The van der Waals surface area contributed by atoms with Crippen molar-refractivity contribution >= 4 is 0 Å². The summed E-state index contributed by atoms with van der Waals surface area (Å²) >= 11 is 0. The maximum atomic E-state index is 5.20. The average Bonchev–Trinajstić information content (AvgIpc) is 2.77. The van der Waals surface area contributed by atoms with Crippen LogP contribution in [0.3, 0.4) is 0 Å². The SMILES string of the molecule is COc1ccc(-c2cc3c(n2C)CNCC3)cc1. The molecule has 3 heteroatoms. The van der Waals surface area contributed by atoms with Crippen LogP contribution < -0.4 is 10.1 Å². The topological polar surface area (TPSA) is 26.2 Å². The Morgan fingerprint density at radius 2 is 2.00 bits per heavy atom. The molecule has 2 aromatic rings. The van der Waals surface area contributed by atoms with Gasteiger partial charge in [-0.1, -0.05) is 0 Å². The zero-order chi connectivity index (χ0) is 12.5. The molecule has 0 amide bonds. The summed E-state index contributed by atoms with van der Waals surface area (Å²) in [4.78, 5) is 0. The van der Waals surface area contributed by atoms with Gasteiger partial charge in [-0.15, -0.1) is 0 Å². The summed E-state index contributed by atoms with van der Waals surface area (Å²) in [5.74, 6) is 0.902. The Hall–Kier alpha value is -1.74. The number of hydrogen-bond donors (Lipinski definition) is 1. The van der Waals surface area contributed by atoms with E-state index in [1.807, 2.05) is 12.1 Å². The lowest BCUT2D eigenvalue weighted by Crippen LogP contribution is -2.24. The lowest BCUT2D eigenvalue weighted by Gasteiger charge is -2.15. The smallest absolute Gasteiger partial charge is 0.118 e. The van der Waals surface area contributed by atoms with Crippen LogP contribution in [0.25, 0.3) is 11.3 Å². The van der Waals surface area contributed by atoms with Crippen LogP contribution in [-0.4, -0.2) is 18.2 Å². The quantitative estimate of drug-likeness (QED) is 0.875. The molecule has 0 aliphatic carbocycles. The molecule has 1 aliphatic heterocycles. The predicted molar refractivity (Wildman–Crippen MR) is 72.8 cm³/mol. The third-order valence-electron chi connectivity index (χ3n) is 3.70. The highest BCUT2D eigenvalue weighted by Gasteiger charge is 2.16. The van der Waals surface area contributed by atoms with E-state index in [-0.39, 0.29) is 0 Å².